The van der Waals surface area contributed by atoms with Crippen molar-refractivity contribution in [3.63, 3.8) is 0 Å². The molecule has 1 rings (SSSR count). The van der Waals surface area contributed by atoms with E-state index in [1.54, 1.807) is 29.2 Å². The number of amides is 3. The third kappa shape index (κ3) is 5.98. The molecule has 1 aromatic carbocycles. The van der Waals surface area contributed by atoms with Crippen LogP contribution in [0.4, 0.5) is 10.5 Å². The first-order valence-corrected chi connectivity index (χ1v) is 6.41. The highest BCUT2D eigenvalue weighted by molar-refractivity contribution is 6.01. The molecule has 0 unspecified atom stereocenters. The van der Waals surface area contributed by atoms with Gasteiger partial charge in [0.2, 0.25) is 5.91 Å². The molecular weight excluding hydrogens is 256 g/mol. The summed E-state index contributed by atoms with van der Waals surface area (Å²) in [6, 6.07) is 10.3. The van der Waals surface area contributed by atoms with Crippen LogP contribution in [-0.4, -0.2) is 36.5 Å². The molecule has 0 saturated heterocycles. The standard InChI is InChI=1S/C14H18N4O2/c1-2-9-18(10-8-15)11-13(19)17-14(20)16-12-6-4-3-5-7-12/h3-7H,2,9-11H2,1H3,(H2,16,17,19,20). The summed E-state index contributed by atoms with van der Waals surface area (Å²) < 4.78 is 0. The number of para-hydroxylation sites is 1. The minimum atomic E-state index is -0.574. The third-order valence-corrected chi connectivity index (χ3v) is 2.49. The van der Waals surface area contributed by atoms with Gasteiger partial charge >= 0.3 is 6.03 Å². The lowest BCUT2D eigenvalue weighted by molar-refractivity contribution is -0.120. The smallest absolute Gasteiger partial charge is 0.308 e. The highest BCUT2D eigenvalue weighted by Gasteiger charge is 2.12. The van der Waals surface area contributed by atoms with Gasteiger partial charge in [0, 0.05) is 5.69 Å². The fraction of sp³-hybridized carbons (Fsp3) is 0.357. The van der Waals surface area contributed by atoms with E-state index in [4.69, 9.17) is 5.26 Å². The Hall–Kier alpha value is -2.39. The predicted octanol–water partition coefficient (Wildman–Crippen LogP) is 1.57. The van der Waals surface area contributed by atoms with E-state index in [0.717, 1.165) is 6.42 Å². The summed E-state index contributed by atoms with van der Waals surface area (Å²) in [5.74, 6) is -0.429. The lowest BCUT2D eigenvalue weighted by atomic mass is 10.3. The predicted molar refractivity (Wildman–Crippen MR) is 75.9 cm³/mol. The number of carbonyl (C=O) groups is 2. The van der Waals surface area contributed by atoms with E-state index < -0.39 is 11.9 Å². The fourth-order valence-corrected chi connectivity index (χ4v) is 1.68. The van der Waals surface area contributed by atoms with Crippen molar-refractivity contribution in [3.8, 4) is 6.07 Å². The molecular formula is C14H18N4O2. The van der Waals surface area contributed by atoms with E-state index in [1.165, 1.54) is 0 Å². The van der Waals surface area contributed by atoms with Crippen molar-refractivity contribution in [2.45, 2.75) is 13.3 Å². The van der Waals surface area contributed by atoms with Crippen LogP contribution in [0.3, 0.4) is 0 Å². The Morgan fingerprint density at radius 3 is 2.60 bits per heavy atom. The summed E-state index contributed by atoms with van der Waals surface area (Å²) in [7, 11) is 0. The number of hydrogen-bond donors (Lipinski definition) is 2. The van der Waals surface area contributed by atoms with Crippen molar-refractivity contribution in [1.29, 1.82) is 5.26 Å². The molecule has 6 heteroatoms. The van der Waals surface area contributed by atoms with Gasteiger partial charge in [-0.15, -0.1) is 0 Å². The number of rotatable bonds is 6. The Labute approximate surface area is 118 Å². The maximum atomic E-state index is 11.7. The van der Waals surface area contributed by atoms with E-state index in [0.29, 0.717) is 12.2 Å². The van der Waals surface area contributed by atoms with Gasteiger partial charge in [-0.3, -0.25) is 15.0 Å². The fourth-order valence-electron chi connectivity index (χ4n) is 1.68. The van der Waals surface area contributed by atoms with Gasteiger partial charge < -0.3 is 5.32 Å². The van der Waals surface area contributed by atoms with Gasteiger partial charge in [-0.25, -0.2) is 4.79 Å². The number of urea groups is 1. The van der Waals surface area contributed by atoms with Crippen LogP contribution in [0.1, 0.15) is 13.3 Å². The molecule has 3 amide bonds. The molecule has 0 bridgehead atoms. The molecule has 0 heterocycles. The molecule has 6 nitrogen and oxygen atoms in total. The molecule has 0 atom stereocenters. The maximum Gasteiger partial charge on any atom is 0.325 e. The van der Waals surface area contributed by atoms with Crippen molar-refractivity contribution in [3.05, 3.63) is 30.3 Å². The van der Waals surface area contributed by atoms with Gasteiger partial charge in [0.1, 0.15) is 0 Å². The van der Waals surface area contributed by atoms with Gasteiger partial charge in [0.05, 0.1) is 19.2 Å². The number of anilines is 1. The zero-order chi connectivity index (χ0) is 14.8. The van der Waals surface area contributed by atoms with Crippen molar-refractivity contribution in [2.75, 3.05) is 25.0 Å². The monoisotopic (exact) mass is 274 g/mol. The summed E-state index contributed by atoms with van der Waals surface area (Å²) in [5.41, 5.74) is 0.611. The second-order valence-electron chi connectivity index (χ2n) is 4.24. The van der Waals surface area contributed by atoms with Crippen LogP contribution in [0.5, 0.6) is 0 Å². The van der Waals surface area contributed by atoms with Crippen molar-refractivity contribution in [1.82, 2.24) is 10.2 Å². The zero-order valence-electron chi connectivity index (χ0n) is 11.4. The lowest BCUT2D eigenvalue weighted by Crippen LogP contribution is -2.42. The van der Waals surface area contributed by atoms with Gasteiger partial charge in [-0.1, -0.05) is 25.1 Å². The average Bonchev–Trinajstić information content (AvgIpc) is 2.40. The normalized spacial score (nSPS) is 9.85. The zero-order valence-corrected chi connectivity index (χ0v) is 11.4. The average molecular weight is 274 g/mol. The molecule has 106 valence electrons. The molecule has 0 saturated carbocycles. The van der Waals surface area contributed by atoms with E-state index >= 15 is 0 Å². The Morgan fingerprint density at radius 1 is 1.30 bits per heavy atom. The van der Waals surface area contributed by atoms with Crippen LogP contribution in [0.2, 0.25) is 0 Å². The number of nitrogens with one attached hydrogen (secondary N) is 2. The first kappa shape index (κ1) is 15.7. The number of nitriles is 1. The largest absolute Gasteiger partial charge is 0.325 e. The number of carbonyl (C=O) groups excluding carboxylic acids is 2. The van der Waals surface area contributed by atoms with E-state index in [1.807, 2.05) is 19.1 Å². The molecule has 0 aliphatic heterocycles. The summed E-state index contributed by atoms with van der Waals surface area (Å²) in [6.45, 7) is 2.80. The first-order chi connectivity index (χ1) is 9.65. The second kappa shape index (κ2) is 8.67. The Morgan fingerprint density at radius 2 is 2.00 bits per heavy atom. The highest BCUT2D eigenvalue weighted by Crippen LogP contribution is 2.04. The molecule has 0 spiro atoms. The van der Waals surface area contributed by atoms with E-state index in [2.05, 4.69) is 10.6 Å². The second-order valence-corrected chi connectivity index (χ2v) is 4.24. The Kier molecular flexibility index (Phi) is 6.79. The Balaban J connectivity index is 2.41. The summed E-state index contributed by atoms with van der Waals surface area (Å²) in [4.78, 5) is 25.0. The van der Waals surface area contributed by atoms with E-state index in [9.17, 15) is 9.59 Å². The summed E-state index contributed by atoms with van der Waals surface area (Å²) in [6.07, 6.45) is 0.838. The summed E-state index contributed by atoms with van der Waals surface area (Å²) >= 11 is 0. The minimum Gasteiger partial charge on any atom is -0.308 e. The quantitative estimate of drug-likeness (QED) is 0.771. The molecule has 0 aromatic heterocycles. The molecule has 0 radical (unpaired) electrons. The molecule has 0 fully saturated rings. The summed E-state index contributed by atoms with van der Waals surface area (Å²) in [5, 5.41) is 13.4. The molecule has 1 aromatic rings. The highest BCUT2D eigenvalue weighted by atomic mass is 16.2. The van der Waals surface area contributed by atoms with Gasteiger partial charge in [0.25, 0.3) is 0 Å². The van der Waals surface area contributed by atoms with Crippen LogP contribution >= 0.6 is 0 Å². The molecule has 0 aliphatic carbocycles. The third-order valence-electron chi connectivity index (χ3n) is 2.49. The van der Waals surface area contributed by atoms with Gasteiger partial charge in [0.15, 0.2) is 0 Å². The minimum absolute atomic E-state index is 0.0314. The molecule has 20 heavy (non-hydrogen) atoms. The lowest BCUT2D eigenvalue weighted by Gasteiger charge is -2.17. The van der Waals surface area contributed by atoms with Crippen LogP contribution in [0, 0.1) is 11.3 Å². The molecule has 2 N–H and O–H groups in total. The molecule has 0 aliphatic rings. The van der Waals surface area contributed by atoms with Crippen LogP contribution in [-0.2, 0) is 4.79 Å². The Bertz CT molecular complexity index is 482. The number of benzene rings is 1. The van der Waals surface area contributed by atoms with Gasteiger partial charge in [-0.2, -0.15) is 5.26 Å². The van der Waals surface area contributed by atoms with E-state index in [-0.39, 0.29) is 13.1 Å². The SMILES string of the molecule is CCCN(CC#N)CC(=O)NC(=O)Nc1ccccc1. The number of imide groups is 1. The topological polar surface area (TPSA) is 85.2 Å². The first-order valence-electron chi connectivity index (χ1n) is 6.41. The van der Waals surface area contributed by atoms with Crippen molar-refractivity contribution < 1.29 is 9.59 Å². The number of nitrogens with zero attached hydrogens (tertiary/aromatic N) is 2. The maximum absolute atomic E-state index is 11.7. The van der Waals surface area contributed by atoms with Crippen LogP contribution in [0.15, 0.2) is 30.3 Å². The van der Waals surface area contributed by atoms with Crippen molar-refractivity contribution >= 4 is 17.6 Å². The van der Waals surface area contributed by atoms with Gasteiger partial charge in [-0.05, 0) is 25.1 Å². The van der Waals surface area contributed by atoms with Crippen LogP contribution < -0.4 is 10.6 Å². The van der Waals surface area contributed by atoms with Crippen molar-refractivity contribution in [2.24, 2.45) is 0 Å². The number of hydrogen-bond acceptors (Lipinski definition) is 4. The van der Waals surface area contributed by atoms with Crippen LogP contribution in [0.25, 0.3) is 0 Å².